The SMILES string of the molecule is CC1=C(/C=C/C(C)=C/C=C/C(C)=C/C(=O)OC(=N)CCC(=O)OC(=O)/C=C(C)/C=C/C=C(C)/C=C/C2=C(C)CCCC2(C)C)C(C)(C)CCC1. The highest BCUT2D eigenvalue weighted by molar-refractivity contribution is 5.96. The molecule has 0 aromatic heterocycles. The number of carbonyl (C=O) groups excluding carboxylic acids is 3. The Morgan fingerprint density at radius 1 is 0.640 bits per heavy atom. The lowest BCUT2D eigenvalue weighted by Crippen LogP contribution is -2.19. The van der Waals surface area contributed by atoms with Gasteiger partial charge in [0, 0.05) is 18.6 Å². The van der Waals surface area contributed by atoms with E-state index >= 15 is 0 Å². The minimum Gasteiger partial charge on any atom is -0.409 e. The molecule has 270 valence electrons. The van der Waals surface area contributed by atoms with Crippen LogP contribution in [-0.2, 0) is 23.9 Å². The van der Waals surface area contributed by atoms with E-state index in [1.54, 1.807) is 26.0 Å². The van der Waals surface area contributed by atoms with Gasteiger partial charge in [-0.25, -0.2) is 9.59 Å². The Morgan fingerprint density at radius 2 is 1.06 bits per heavy atom. The molecule has 0 aliphatic heterocycles. The van der Waals surface area contributed by atoms with Gasteiger partial charge < -0.3 is 9.47 Å². The molecule has 0 aromatic carbocycles. The van der Waals surface area contributed by atoms with Gasteiger partial charge in [-0.1, -0.05) is 111 Å². The average molecular weight is 682 g/mol. The largest absolute Gasteiger partial charge is 0.409 e. The topological polar surface area (TPSA) is 93.5 Å². The predicted molar refractivity (Wildman–Crippen MR) is 206 cm³/mol. The first-order chi connectivity index (χ1) is 23.4. The lowest BCUT2D eigenvalue weighted by atomic mass is 9.72. The van der Waals surface area contributed by atoms with E-state index < -0.39 is 17.9 Å². The summed E-state index contributed by atoms with van der Waals surface area (Å²) in [5, 5.41) is 7.91. The van der Waals surface area contributed by atoms with E-state index in [9.17, 15) is 14.4 Å². The Kier molecular flexibility index (Phi) is 16.5. The number of allylic oxidation sites excluding steroid dienone is 18. The standard InChI is InChI=1S/C44H59NO5/c1-31(21-23-37-35(5)19-13-27-43(37,7)8)15-11-17-33(3)29-41(47)49-39(45)25-26-40(46)50-42(48)30-34(4)18-12-16-32(2)22-24-38-36(6)20-14-28-44(38,9)10/h11-12,15-18,21-24,29-30,45H,13-14,19-20,25-28H2,1-10H3/b17-11+,18-12+,23-21+,24-22+,31-15+,32-16+,33-29+,34-30+,45-39?. The van der Waals surface area contributed by atoms with Crippen molar-refractivity contribution in [1.82, 2.24) is 0 Å². The van der Waals surface area contributed by atoms with Crippen molar-refractivity contribution in [2.75, 3.05) is 0 Å². The second-order valence-corrected chi connectivity index (χ2v) is 15.0. The summed E-state index contributed by atoms with van der Waals surface area (Å²) < 4.78 is 9.85. The maximum absolute atomic E-state index is 12.3. The molecule has 2 aliphatic rings. The predicted octanol–water partition coefficient (Wildman–Crippen LogP) is 11.4. The number of nitrogens with one attached hydrogen (secondary N) is 1. The van der Waals surface area contributed by atoms with Crippen LogP contribution >= 0.6 is 0 Å². The molecule has 0 fully saturated rings. The molecule has 0 saturated heterocycles. The van der Waals surface area contributed by atoms with Crippen LogP contribution < -0.4 is 0 Å². The summed E-state index contributed by atoms with van der Waals surface area (Å²) in [6.45, 7) is 21.2. The number of hydrogen-bond acceptors (Lipinski definition) is 6. The molecule has 0 unspecified atom stereocenters. The van der Waals surface area contributed by atoms with Gasteiger partial charge in [0.2, 0.25) is 0 Å². The van der Waals surface area contributed by atoms with Crippen molar-refractivity contribution in [2.24, 2.45) is 10.8 Å². The number of esters is 3. The van der Waals surface area contributed by atoms with Gasteiger partial charge in [0.15, 0.2) is 5.90 Å². The van der Waals surface area contributed by atoms with Crippen LogP contribution in [-0.4, -0.2) is 23.8 Å². The Bertz CT molecular complexity index is 1490. The number of hydrogen-bond donors (Lipinski definition) is 1. The highest BCUT2D eigenvalue weighted by Crippen LogP contribution is 2.41. The second-order valence-electron chi connectivity index (χ2n) is 15.0. The molecule has 0 saturated carbocycles. The molecule has 1 N–H and O–H groups in total. The summed E-state index contributed by atoms with van der Waals surface area (Å²) in [5.74, 6) is -2.69. The molecule has 0 atom stereocenters. The van der Waals surface area contributed by atoms with Gasteiger partial charge in [0.05, 0.1) is 6.42 Å². The van der Waals surface area contributed by atoms with Crippen LogP contribution in [0.5, 0.6) is 0 Å². The summed E-state index contributed by atoms with van der Waals surface area (Å²) in [5.41, 5.74) is 9.54. The lowest BCUT2D eigenvalue weighted by molar-refractivity contribution is -0.156. The molecular formula is C44H59NO5. The summed E-state index contributed by atoms with van der Waals surface area (Å²) >= 11 is 0. The van der Waals surface area contributed by atoms with Crippen LogP contribution in [0.25, 0.3) is 0 Å². The zero-order valence-corrected chi connectivity index (χ0v) is 32.1. The molecule has 6 nitrogen and oxygen atoms in total. The first-order valence-electron chi connectivity index (χ1n) is 17.8. The van der Waals surface area contributed by atoms with E-state index in [2.05, 4.69) is 65.8 Å². The molecule has 0 spiro atoms. The van der Waals surface area contributed by atoms with Crippen LogP contribution in [0.1, 0.15) is 121 Å². The quantitative estimate of drug-likeness (QED) is 0.0521. The summed E-state index contributed by atoms with van der Waals surface area (Å²) in [7, 11) is 0. The highest BCUT2D eigenvalue weighted by Gasteiger charge is 2.27. The zero-order chi connectivity index (χ0) is 37.5. The van der Waals surface area contributed by atoms with E-state index in [1.807, 2.05) is 38.2 Å². The maximum atomic E-state index is 12.3. The summed E-state index contributed by atoms with van der Waals surface area (Å²) in [4.78, 5) is 36.6. The molecule has 0 amide bonds. The van der Waals surface area contributed by atoms with Crippen LogP contribution in [0.4, 0.5) is 0 Å². The van der Waals surface area contributed by atoms with E-state index in [0.717, 1.165) is 24.0 Å². The van der Waals surface area contributed by atoms with Crippen molar-refractivity contribution in [1.29, 1.82) is 5.41 Å². The molecule has 0 heterocycles. The highest BCUT2D eigenvalue weighted by atomic mass is 16.6. The van der Waals surface area contributed by atoms with Gasteiger partial charge in [-0.05, 0) is 113 Å². The van der Waals surface area contributed by atoms with Crippen LogP contribution in [0.2, 0.25) is 0 Å². The average Bonchev–Trinajstić information content (AvgIpc) is 2.98. The van der Waals surface area contributed by atoms with Crippen molar-refractivity contribution < 1.29 is 23.9 Å². The van der Waals surface area contributed by atoms with Gasteiger partial charge >= 0.3 is 17.9 Å². The molecule has 2 rings (SSSR count). The summed E-state index contributed by atoms with van der Waals surface area (Å²) in [6.07, 6.45) is 29.1. The fourth-order valence-electron chi connectivity index (χ4n) is 6.34. The van der Waals surface area contributed by atoms with E-state index in [-0.39, 0.29) is 29.6 Å². The normalized spacial score (nSPS) is 19.3. The molecule has 50 heavy (non-hydrogen) atoms. The maximum Gasteiger partial charge on any atom is 0.338 e. The van der Waals surface area contributed by atoms with E-state index in [0.29, 0.717) is 11.1 Å². The molecule has 6 heteroatoms. The molecule has 0 bridgehead atoms. The molecular weight excluding hydrogens is 622 g/mol. The first-order valence-corrected chi connectivity index (χ1v) is 17.8. The zero-order valence-electron chi connectivity index (χ0n) is 32.1. The van der Waals surface area contributed by atoms with Crippen LogP contribution in [0, 0.1) is 16.2 Å². The fraction of sp³-hybridized carbons (Fsp3) is 0.455. The smallest absolute Gasteiger partial charge is 0.338 e. The monoisotopic (exact) mass is 681 g/mol. The van der Waals surface area contributed by atoms with Crippen LogP contribution in [0.15, 0.2) is 117 Å². The van der Waals surface area contributed by atoms with E-state index in [4.69, 9.17) is 14.9 Å². The van der Waals surface area contributed by atoms with Crippen molar-refractivity contribution in [3.05, 3.63) is 117 Å². The third-order valence-corrected chi connectivity index (χ3v) is 9.23. The first kappa shape index (κ1) is 41.8. The fourth-order valence-corrected chi connectivity index (χ4v) is 6.34. The van der Waals surface area contributed by atoms with Crippen molar-refractivity contribution in [3.8, 4) is 0 Å². The molecule has 2 aliphatic carbocycles. The van der Waals surface area contributed by atoms with Crippen molar-refractivity contribution in [3.63, 3.8) is 0 Å². The van der Waals surface area contributed by atoms with Crippen molar-refractivity contribution in [2.45, 2.75) is 121 Å². The van der Waals surface area contributed by atoms with Gasteiger partial charge in [-0.15, -0.1) is 0 Å². The number of rotatable bonds is 13. The summed E-state index contributed by atoms with van der Waals surface area (Å²) in [6, 6.07) is 0. The Balaban J connectivity index is 1.78. The third kappa shape index (κ3) is 15.1. The Hall–Kier alpha value is -4.32. The van der Waals surface area contributed by atoms with Crippen LogP contribution in [0.3, 0.4) is 0 Å². The van der Waals surface area contributed by atoms with Gasteiger partial charge in [-0.3, -0.25) is 10.2 Å². The van der Waals surface area contributed by atoms with Crippen molar-refractivity contribution >= 4 is 23.8 Å². The Labute approximate surface area is 301 Å². The van der Waals surface area contributed by atoms with Gasteiger partial charge in [0.25, 0.3) is 0 Å². The van der Waals surface area contributed by atoms with E-state index in [1.165, 1.54) is 60.1 Å². The number of carbonyl (C=O) groups is 3. The Morgan fingerprint density at radius 3 is 1.48 bits per heavy atom. The minimum atomic E-state index is -0.802. The molecule has 0 aromatic rings. The third-order valence-electron chi connectivity index (χ3n) is 9.23. The van der Waals surface area contributed by atoms with Gasteiger partial charge in [0.1, 0.15) is 0 Å². The van der Waals surface area contributed by atoms with Gasteiger partial charge in [-0.2, -0.15) is 0 Å². The lowest BCUT2D eigenvalue weighted by Gasteiger charge is -2.33. The number of ether oxygens (including phenoxy) is 2. The minimum absolute atomic E-state index is 0.171. The second kappa shape index (κ2) is 19.8. The molecule has 0 radical (unpaired) electrons.